The SMILES string of the molecule is C=C(C)C(=O)OCCC(=O)[O-].CCCCCCCCCCCCCCCC[N+](C)(C)C. The number of carboxylic acids is 1. The zero-order chi connectivity index (χ0) is 24.0. The van der Waals surface area contributed by atoms with Crippen molar-refractivity contribution in [3.63, 3.8) is 0 Å². The molecule has 0 aliphatic carbocycles. The standard InChI is InChI=1S/C19H42N.C7H10O4/c1-5-6-7-8-9-10-11-12-13-14-15-16-17-18-19-20(2,3)4;1-5(2)7(10)11-4-3-6(8)9/h5-19H2,1-4H3;1,3-4H2,2H3,(H,8,9)/q+1;/p-1. The third kappa shape index (κ3) is 30.9. The first-order valence-corrected chi connectivity index (χ1v) is 12.4. The number of hydrogen-bond acceptors (Lipinski definition) is 4. The number of carboxylic acid groups (broad SMARTS) is 1. The Hall–Kier alpha value is -1.36. The highest BCUT2D eigenvalue weighted by molar-refractivity contribution is 5.87. The number of nitrogens with zero attached hydrogens (tertiary/aromatic N) is 1. The molecule has 0 atom stereocenters. The van der Waals surface area contributed by atoms with Gasteiger partial charge in [0.05, 0.1) is 34.3 Å². The molecule has 0 radical (unpaired) electrons. The lowest BCUT2D eigenvalue weighted by molar-refractivity contribution is -0.870. The van der Waals surface area contributed by atoms with Gasteiger partial charge in [0.25, 0.3) is 0 Å². The second-order valence-electron chi connectivity index (χ2n) is 9.65. The van der Waals surface area contributed by atoms with Crippen LogP contribution in [0.4, 0.5) is 0 Å². The zero-order valence-electron chi connectivity index (χ0n) is 21.3. The number of quaternary nitrogens is 1. The molecule has 0 aromatic rings. The van der Waals surface area contributed by atoms with Crippen molar-refractivity contribution in [1.82, 2.24) is 0 Å². The van der Waals surface area contributed by atoms with Crippen molar-refractivity contribution in [3.05, 3.63) is 12.2 Å². The highest BCUT2D eigenvalue weighted by Crippen LogP contribution is 2.13. The van der Waals surface area contributed by atoms with Crippen LogP contribution in [-0.2, 0) is 14.3 Å². The number of rotatable bonds is 19. The lowest BCUT2D eigenvalue weighted by Crippen LogP contribution is -2.35. The number of esters is 1. The number of hydrogen-bond donors (Lipinski definition) is 0. The van der Waals surface area contributed by atoms with Crippen LogP contribution in [0.1, 0.15) is 110 Å². The molecule has 31 heavy (non-hydrogen) atoms. The summed E-state index contributed by atoms with van der Waals surface area (Å²) in [5.74, 6) is -1.81. The summed E-state index contributed by atoms with van der Waals surface area (Å²) in [4.78, 5) is 20.4. The number of aliphatic carboxylic acids is 1. The van der Waals surface area contributed by atoms with Crippen LogP contribution < -0.4 is 5.11 Å². The van der Waals surface area contributed by atoms with Gasteiger partial charge in [0.1, 0.15) is 0 Å². The van der Waals surface area contributed by atoms with Crippen LogP contribution in [0.3, 0.4) is 0 Å². The lowest BCUT2D eigenvalue weighted by atomic mass is 10.0. The Bertz CT molecular complexity index is 455. The molecule has 0 amide bonds. The quantitative estimate of drug-likeness (QED) is 0.116. The molecular formula is C26H51NO4. The number of ether oxygens (including phenoxy) is 1. The molecule has 0 spiro atoms. The zero-order valence-corrected chi connectivity index (χ0v) is 21.3. The van der Waals surface area contributed by atoms with Crippen LogP contribution in [0, 0.1) is 0 Å². The summed E-state index contributed by atoms with van der Waals surface area (Å²) in [6.07, 6.45) is 20.1. The molecule has 5 heteroatoms. The van der Waals surface area contributed by atoms with Crippen molar-refractivity contribution in [2.24, 2.45) is 0 Å². The van der Waals surface area contributed by atoms with Crippen LogP contribution in [-0.4, -0.2) is 50.7 Å². The van der Waals surface area contributed by atoms with Crippen molar-refractivity contribution < 1.29 is 23.9 Å². The Morgan fingerprint density at radius 1 is 0.774 bits per heavy atom. The van der Waals surface area contributed by atoms with E-state index in [4.69, 9.17) is 0 Å². The van der Waals surface area contributed by atoms with E-state index in [9.17, 15) is 14.7 Å². The minimum atomic E-state index is -1.24. The third-order valence-electron chi connectivity index (χ3n) is 5.07. The predicted molar refractivity (Wildman–Crippen MR) is 129 cm³/mol. The van der Waals surface area contributed by atoms with Crippen molar-refractivity contribution in [1.29, 1.82) is 0 Å². The molecule has 0 saturated carbocycles. The summed E-state index contributed by atoms with van der Waals surface area (Å²) in [6.45, 7) is 8.27. The van der Waals surface area contributed by atoms with Crippen molar-refractivity contribution in [2.45, 2.75) is 110 Å². The average Bonchev–Trinajstić information content (AvgIpc) is 2.67. The van der Waals surface area contributed by atoms with Gasteiger partial charge in [0.15, 0.2) is 0 Å². The van der Waals surface area contributed by atoms with Crippen LogP contribution >= 0.6 is 0 Å². The summed E-state index contributed by atoms with van der Waals surface area (Å²) < 4.78 is 5.58. The van der Waals surface area contributed by atoms with Gasteiger partial charge in [-0.3, -0.25) is 0 Å². The molecule has 0 saturated heterocycles. The highest BCUT2D eigenvalue weighted by atomic mass is 16.5. The fourth-order valence-corrected chi connectivity index (χ4v) is 3.13. The van der Waals surface area contributed by atoms with Gasteiger partial charge in [-0.05, 0) is 19.8 Å². The minimum absolute atomic E-state index is 0.159. The normalized spacial score (nSPS) is 10.9. The monoisotopic (exact) mass is 441 g/mol. The molecule has 0 unspecified atom stereocenters. The van der Waals surface area contributed by atoms with E-state index in [1.165, 1.54) is 103 Å². The molecule has 0 rings (SSSR count). The van der Waals surface area contributed by atoms with Crippen LogP contribution in [0.15, 0.2) is 12.2 Å². The molecule has 0 N–H and O–H groups in total. The van der Waals surface area contributed by atoms with Gasteiger partial charge in [-0.2, -0.15) is 0 Å². The highest BCUT2D eigenvalue weighted by Gasteiger charge is 2.05. The van der Waals surface area contributed by atoms with Gasteiger partial charge in [-0.1, -0.05) is 90.6 Å². The van der Waals surface area contributed by atoms with E-state index in [1.807, 2.05) is 0 Å². The van der Waals surface area contributed by atoms with Crippen molar-refractivity contribution >= 4 is 11.9 Å². The maximum absolute atomic E-state index is 10.6. The van der Waals surface area contributed by atoms with E-state index in [2.05, 4.69) is 39.4 Å². The molecule has 0 fully saturated rings. The van der Waals surface area contributed by atoms with Gasteiger partial charge >= 0.3 is 5.97 Å². The molecule has 0 bridgehead atoms. The maximum Gasteiger partial charge on any atom is 0.333 e. The third-order valence-corrected chi connectivity index (χ3v) is 5.07. The van der Waals surface area contributed by atoms with E-state index in [-0.39, 0.29) is 18.6 Å². The Kier molecular flexibility index (Phi) is 22.4. The minimum Gasteiger partial charge on any atom is -0.550 e. The molecule has 0 aromatic carbocycles. The van der Waals surface area contributed by atoms with E-state index < -0.39 is 11.9 Å². The van der Waals surface area contributed by atoms with Gasteiger partial charge in [-0.25, -0.2) is 4.79 Å². The smallest absolute Gasteiger partial charge is 0.333 e. The second kappa shape index (κ2) is 21.9. The molecule has 0 heterocycles. The predicted octanol–water partition coefficient (Wildman–Crippen LogP) is 5.42. The fourth-order valence-electron chi connectivity index (χ4n) is 3.13. The molecular weight excluding hydrogens is 390 g/mol. The first-order chi connectivity index (χ1) is 14.6. The van der Waals surface area contributed by atoms with Gasteiger partial charge in [-0.15, -0.1) is 0 Å². The van der Waals surface area contributed by atoms with E-state index in [1.54, 1.807) is 0 Å². The van der Waals surface area contributed by atoms with Gasteiger partial charge in [0, 0.05) is 18.0 Å². The largest absolute Gasteiger partial charge is 0.550 e. The molecule has 184 valence electrons. The summed E-state index contributed by atoms with van der Waals surface area (Å²) in [7, 11) is 6.88. The Labute approximate surface area is 192 Å². The summed E-state index contributed by atoms with van der Waals surface area (Å²) in [5, 5.41) is 9.83. The van der Waals surface area contributed by atoms with Crippen LogP contribution in [0.25, 0.3) is 0 Å². The van der Waals surface area contributed by atoms with Crippen molar-refractivity contribution in [2.75, 3.05) is 34.3 Å². The fraction of sp³-hybridized carbons (Fsp3) is 0.846. The number of carbonyl (C=O) groups is 2. The first kappa shape index (κ1) is 31.8. The second-order valence-corrected chi connectivity index (χ2v) is 9.65. The van der Waals surface area contributed by atoms with Gasteiger partial charge < -0.3 is 19.1 Å². The van der Waals surface area contributed by atoms with E-state index in [0.29, 0.717) is 0 Å². The summed E-state index contributed by atoms with van der Waals surface area (Å²) in [5.41, 5.74) is 0.253. The lowest BCUT2D eigenvalue weighted by Gasteiger charge is -2.23. The van der Waals surface area contributed by atoms with E-state index >= 15 is 0 Å². The Morgan fingerprint density at radius 3 is 1.48 bits per heavy atom. The molecule has 0 aliphatic heterocycles. The summed E-state index contributed by atoms with van der Waals surface area (Å²) >= 11 is 0. The van der Waals surface area contributed by atoms with Gasteiger partial charge in [0.2, 0.25) is 0 Å². The van der Waals surface area contributed by atoms with Crippen LogP contribution in [0.5, 0.6) is 0 Å². The Balaban J connectivity index is 0. The number of unbranched alkanes of at least 4 members (excludes halogenated alkanes) is 13. The first-order valence-electron chi connectivity index (χ1n) is 12.4. The van der Waals surface area contributed by atoms with E-state index in [0.717, 1.165) is 4.48 Å². The molecule has 0 aliphatic rings. The topological polar surface area (TPSA) is 66.4 Å². The molecule has 0 aromatic heterocycles. The maximum atomic E-state index is 10.6. The Morgan fingerprint density at radius 2 is 1.16 bits per heavy atom. The molecule has 5 nitrogen and oxygen atoms in total. The van der Waals surface area contributed by atoms with Crippen molar-refractivity contribution in [3.8, 4) is 0 Å². The van der Waals surface area contributed by atoms with Crippen LogP contribution in [0.2, 0.25) is 0 Å². The number of carbonyl (C=O) groups excluding carboxylic acids is 2. The average molecular weight is 442 g/mol. The summed E-state index contributed by atoms with van der Waals surface area (Å²) in [6, 6.07) is 0.